The summed E-state index contributed by atoms with van der Waals surface area (Å²) in [5.74, 6) is 0.883. The zero-order valence-electron chi connectivity index (χ0n) is 17.0. The number of fused-ring (bicyclic) bond motifs is 1. The zero-order valence-corrected chi connectivity index (χ0v) is 17.0. The fourth-order valence-corrected chi connectivity index (χ4v) is 3.32. The van der Waals surface area contributed by atoms with E-state index in [1.165, 1.54) is 26.6 Å². The Morgan fingerprint density at radius 3 is 2.42 bits per heavy atom. The summed E-state index contributed by atoms with van der Waals surface area (Å²) in [6.45, 7) is 0. The molecule has 0 saturated heterocycles. The third kappa shape index (κ3) is 3.96. The monoisotopic (exact) mass is 416 g/mol. The first kappa shape index (κ1) is 20.1. The zero-order chi connectivity index (χ0) is 21.8. The second kappa shape index (κ2) is 8.67. The van der Waals surface area contributed by atoms with Gasteiger partial charge in [-0.2, -0.15) is 0 Å². The van der Waals surface area contributed by atoms with E-state index >= 15 is 0 Å². The Bertz CT molecular complexity index is 1250. The average Bonchev–Trinajstić information content (AvgIpc) is 3.27. The van der Waals surface area contributed by atoms with Crippen molar-refractivity contribution in [2.45, 2.75) is 0 Å². The largest absolute Gasteiger partial charge is 0.504 e. The number of hydrogen-bond donors (Lipinski definition) is 1. The van der Waals surface area contributed by atoms with Gasteiger partial charge in [-0.05, 0) is 42.0 Å². The number of ether oxygens (including phenoxy) is 3. The third-order valence-corrected chi connectivity index (χ3v) is 4.71. The summed E-state index contributed by atoms with van der Waals surface area (Å²) in [5, 5.41) is 11.2. The summed E-state index contributed by atoms with van der Waals surface area (Å²) in [4.78, 5) is 13.0. The van der Waals surface area contributed by atoms with Crippen LogP contribution in [-0.4, -0.2) is 25.1 Å². The molecule has 0 aliphatic heterocycles. The summed E-state index contributed by atoms with van der Waals surface area (Å²) in [5.41, 5.74) is 1.07. The molecule has 0 atom stereocenters. The van der Waals surface area contributed by atoms with Crippen LogP contribution in [-0.2, 0) is 0 Å². The van der Waals surface area contributed by atoms with Gasteiger partial charge in [-0.25, -0.2) is 0 Å². The molecule has 0 aliphatic carbocycles. The molecule has 0 aliphatic rings. The van der Waals surface area contributed by atoms with Gasteiger partial charge >= 0.3 is 0 Å². The van der Waals surface area contributed by atoms with Crippen LogP contribution in [0.4, 0.5) is 0 Å². The highest BCUT2D eigenvalue weighted by Gasteiger charge is 2.26. The summed E-state index contributed by atoms with van der Waals surface area (Å²) in [7, 11) is 2.82. The molecule has 1 heterocycles. The van der Waals surface area contributed by atoms with Crippen LogP contribution in [0.5, 0.6) is 28.7 Å². The van der Waals surface area contributed by atoms with Gasteiger partial charge in [0.2, 0.25) is 5.75 Å². The van der Waals surface area contributed by atoms with Crippen molar-refractivity contribution in [3.05, 3.63) is 84.1 Å². The number of benzene rings is 3. The maximum atomic E-state index is 13.0. The van der Waals surface area contributed by atoms with Crippen molar-refractivity contribution in [1.82, 2.24) is 0 Å². The number of para-hydroxylation sites is 1. The van der Waals surface area contributed by atoms with E-state index in [4.69, 9.17) is 18.6 Å². The fraction of sp³-hybridized carbons (Fsp3) is 0.0800. The van der Waals surface area contributed by atoms with Crippen molar-refractivity contribution >= 4 is 22.8 Å². The topological polar surface area (TPSA) is 78.1 Å². The number of hydrogen-bond acceptors (Lipinski definition) is 6. The van der Waals surface area contributed by atoms with E-state index in [1.807, 2.05) is 54.6 Å². The van der Waals surface area contributed by atoms with Gasteiger partial charge in [-0.1, -0.05) is 36.4 Å². The lowest BCUT2D eigenvalue weighted by Crippen LogP contribution is -2.02. The van der Waals surface area contributed by atoms with E-state index in [9.17, 15) is 9.90 Å². The highest BCUT2D eigenvalue weighted by molar-refractivity contribution is 6.15. The lowest BCUT2D eigenvalue weighted by atomic mass is 10.0. The normalized spacial score (nSPS) is 11.0. The predicted molar refractivity (Wildman–Crippen MR) is 117 cm³/mol. The number of methoxy groups -OCH3 is 2. The SMILES string of the molecule is COc1c(C(=O)/C=C/c2cccc(Oc3ccccc3)c2)c(O)c(OC)c2occc12. The molecule has 0 spiro atoms. The average molecular weight is 416 g/mol. The minimum atomic E-state index is -0.440. The molecule has 1 aromatic heterocycles. The smallest absolute Gasteiger partial charge is 0.205 e. The van der Waals surface area contributed by atoms with Gasteiger partial charge in [-0.3, -0.25) is 4.79 Å². The van der Waals surface area contributed by atoms with Crippen molar-refractivity contribution in [3.8, 4) is 28.7 Å². The molecule has 4 aromatic rings. The maximum absolute atomic E-state index is 13.0. The molecular formula is C25H20O6. The number of phenolic OH excluding ortho intramolecular Hbond substituents is 1. The van der Waals surface area contributed by atoms with Crippen LogP contribution in [0.2, 0.25) is 0 Å². The molecular weight excluding hydrogens is 396 g/mol. The molecule has 0 amide bonds. The standard InChI is InChI=1S/C25H20O6/c1-28-23-19-13-14-30-24(19)25(29-2)22(27)21(23)20(26)12-11-16-7-6-10-18(15-16)31-17-8-4-3-5-9-17/h3-15,27H,1-2H3/b12-11+. The Kier molecular flexibility index (Phi) is 5.62. The van der Waals surface area contributed by atoms with E-state index in [-0.39, 0.29) is 22.8 Å². The second-order valence-electron chi connectivity index (χ2n) is 6.64. The Morgan fingerprint density at radius 2 is 1.68 bits per heavy atom. The first-order valence-corrected chi connectivity index (χ1v) is 9.52. The summed E-state index contributed by atoms with van der Waals surface area (Å²) in [6, 6.07) is 18.4. The molecule has 156 valence electrons. The second-order valence-corrected chi connectivity index (χ2v) is 6.64. The van der Waals surface area contributed by atoms with Gasteiger partial charge < -0.3 is 23.7 Å². The maximum Gasteiger partial charge on any atom is 0.205 e. The highest BCUT2D eigenvalue weighted by Crippen LogP contribution is 2.45. The fourth-order valence-electron chi connectivity index (χ4n) is 3.32. The lowest BCUT2D eigenvalue weighted by Gasteiger charge is -2.13. The number of ketones is 1. The minimum Gasteiger partial charge on any atom is -0.504 e. The number of furan rings is 1. The van der Waals surface area contributed by atoms with Crippen molar-refractivity contribution in [2.24, 2.45) is 0 Å². The molecule has 4 rings (SSSR count). The molecule has 31 heavy (non-hydrogen) atoms. The van der Waals surface area contributed by atoms with Crippen LogP contribution in [0.25, 0.3) is 17.0 Å². The van der Waals surface area contributed by atoms with E-state index in [2.05, 4.69) is 0 Å². The van der Waals surface area contributed by atoms with Gasteiger partial charge in [0.05, 0.1) is 25.9 Å². The van der Waals surface area contributed by atoms with Crippen LogP contribution in [0.1, 0.15) is 15.9 Å². The van der Waals surface area contributed by atoms with E-state index in [0.29, 0.717) is 16.7 Å². The summed E-state index contributed by atoms with van der Waals surface area (Å²) >= 11 is 0. The number of rotatable bonds is 7. The Hall–Kier alpha value is -4.19. The molecule has 0 fully saturated rings. The summed E-state index contributed by atoms with van der Waals surface area (Å²) in [6.07, 6.45) is 4.45. The van der Waals surface area contributed by atoms with Gasteiger partial charge in [0.1, 0.15) is 22.8 Å². The third-order valence-electron chi connectivity index (χ3n) is 4.71. The van der Waals surface area contributed by atoms with E-state index < -0.39 is 5.78 Å². The molecule has 0 bridgehead atoms. The van der Waals surface area contributed by atoms with Gasteiger partial charge in [0.15, 0.2) is 17.1 Å². The number of phenols is 1. The van der Waals surface area contributed by atoms with Gasteiger partial charge in [-0.15, -0.1) is 0 Å². The number of allylic oxidation sites excluding steroid dienone is 1. The quantitative estimate of drug-likeness (QED) is 0.301. The first-order chi connectivity index (χ1) is 15.1. The lowest BCUT2D eigenvalue weighted by molar-refractivity contribution is 0.104. The Morgan fingerprint density at radius 1 is 0.935 bits per heavy atom. The van der Waals surface area contributed by atoms with Gasteiger partial charge in [0, 0.05) is 0 Å². The van der Waals surface area contributed by atoms with Crippen molar-refractivity contribution in [2.75, 3.05) is 14.2 Å². The van der Waals surface area contributed by atoms with E-state index in [1.54, 1.807) is 12.1 Å². The molecule has 6 nitrogen and oxygen atoms in total. The van der Waals surface area contributed by atoms with E-state index in [0.717, 1.165) is 11.3 Å². The summed E-state index contributed by atoms with van der Waals surface area (Å²) < 4.78 is 21.9. The van der Waals surface area contributed by atoms with Crippen molar-refractivity contribution in [3.63, 3.8) is 0 Å². The van der Waals surface area contributed by atoms with Crippen LogP contribution in [0.15, 0.2) is 77.4 Å². The minimum absolute atomic E-state index is 0.00110. The Labute approximate surface area is 178 Å². The molecule has 3 aromatic carbocycles. The van der Waals surface area contributed by atoms with Crippen LogP contribution in [0.3, 0.4) is 0 Å². The van der Waals surface area contributed by atoms with Crippen LogP contribution in [0, 0.1) is 0 Å². The Balaban J connectivity index is 1.65. The van der Waals surface area contributed by atoms with Crippen molar-refractivity contribution < 1.29 is 28.5 Å². The highest BCUT2D eigenvalue weighted by atomic mass is 16.5. The molecule has 0 saturated carbocycles. The number of carbonyl (C=O) groups is 1. The first-order valence-electron chi connectivity index (χ1n) is 9.52. The molecule has 0 radical (unpaired) electrons. The predicted octanol–water partition coefficient (Wildman–Crippen LogP) is 5.84. The molecule has 1 N–H and O–H groups in total. The molecule has 6 heteroatoms. The van der Waals surface area contributed by atoms with Crippen molar-refractivity contribution in [1.29, 1.82) is 0 Å². The van der Waals surface area contributed by atoms with Crippen LogP contribution >= 0.6 is 0 Å². The van der Waals surface area contributed by atoms with Crippen LogP contribution < -0.4 is 14.2 Å². The molecule has 0 unspecified atom stereocenters. The van der Waals surface area contributed by atoms with Gasteiger partial charge in [0.25, 0.3) is 0 Å². The number of aromatic hydroxyl groups is 1. The number of carbonyl (C=O) groups excluding carboxylic acids is 1.